The molecule has 1 aromatic carbocycles. The van der Waals surface area contributed by atoms with Crippen LogP contribution in [-0.2, 0) is 7.05 Å². The number of hydrogen-bond donors (Lipinski definition) is 2. The average Bonchev–Trinajstić information content (AvgIpc) is 2.60. The Morgan fingerprint density at radius 2 is 2.29 bits per heavy atom. The van der Waals surface area contributed by atoms with Crippen LogP contribution in [0.3, 0.4) is 0 Å². The minimum atomic E-state index is -1.11. The molecule has 0 unspecified atom stereocenters. The Labute approximate surface area is 107 Å². The molecule has 0 saturated carbocycles. The predicted octanol–water partition coefficient (Wildman–Crippen LogP) is 2.23. The fourth-order valence-corrected chi connectivity index (χ4v) is 2.56. The van der Waals surface area contributed by atoms with Crippen LogP contribution in [0.25, 0.3) is 11.0 Å². The number of anilines is 1. The van der Waals surface area contributed by atoms with E-state index >= 15 is 0 Å². The van der Waals surface area contributed by atoms with E-state index in [1.165, 1.54) is 17.8 Å². The van der Waals surface area contributed by atoms with Crippen LogP contribution in [0, 0.1) is 0 Å². The Morgan fingerprint density at radius 3 is 2.82 bits per heavy atom. The molecule has 0 aliphatic carbocycles. The van der Waals surface area contributed by atoms with Gasteiger partial charge in [0.2, 0.25) is 0 Å². The number of rotatable bonds is 2. The quantitative estimate of drug-likeness (QED) is 0.647. The third-order valence-corrected chi connectivity index (χ3v) is 3.62. The topological polar surface area (TPSA) is 81.1 Å². The van der Waals surface area contributed by atoms with Crippen LogP contribution in [-0.4, -0.2) is 26.9 Å². The lowest BCUT2D eigenvalue weighted by Crippen LogP contribution is -2.03. The fraction of sp³-hybridized carbons (Fsp3) is 0.200. The Bertz CT molecular complexity index is 624. The molecule has 7 heteroatoms. The lowest BCUT2D eigenvalue weighted by Gasteiger charge is -2.05. The number of carbonyl (C=O) groups is 1. The van der Waals surface area contributed by atoms with Crippen molar-refractivity contribution in [3.8, 4) is 0 Å². The maximum atomic E-state index is 11.0. The Morgan fingerprint density at radius 1 is 1.65 bits per heavy atom. The maximum Gasteiger partial charge on any atom is 0.337 e. The molecule has 0 radical (unpaired) electrons. The number of aromatic nitrogens is 2. The van der Waals surface area contributed by atoms with Crippen LogP contribution in [0.15, 0.2) is 11.2 Å². The number of aromatic carboxylic acids is 1. The third-order valence-electron chi connectivity index (χ3n) is 2.51. The van der Waals surface area contributed by atoms with E-state index in [9.17, 15) is 4.79 Å². The molecule has 2 rings (SSSR count). The minimum absolute atomic E-state index is 0.0201. The van der Waals surface area contributed by atoms with E-state index in [4.69, 9.17) is 22.4 Å². The number of nitrogens with zero attached hydrogens (tertiary/aromatic N) is 2. The molecule has 0 amide bonds. The number of nitrogen functional groups attached to an aromatic ring is 1. The van der Waals surface area contributed by atoms with E-state index in [1.54, 1.807) is 4.57 Å². The van der Waals surface area contributed by atoms with Gasteiger partial charge in [0.15, 0.2) is 5.16 Å². The molecule has 1 heterocycles. The van der Waals surface area contributed by atoms with Gasteiger partial charge in [-0.1, -0.05) is 23.4 Å². The Kier molecular flexibility index (Phi) is 2.92. The fourth-order valence-electron chi connectivity index (χ4n) is 1.68. The van der Waals surface area contributed by atoms with Crippen molar-refractivity contribution in [2.45, 2.75) is 5.16 Å². The van der Waals surface area contributed by atoms with Gasteiger partial charge in [-0.2, -0.15) is 0 Å². The number of thioether (sulfide) groups is 1. The highest BCUT2D eigenvalue weighted by molar-refractivity contribution is 7.98. The zero-order valence-corrected chi connectivity index (χ0v) is 10.8. The zero-order valence-electron chi connectivity index (χ0n) is 9.19. The number of benzene rings is 1. The highest BCUT2D eigenvalue weighted by Crippen LogP contribution is 2.34. The summed E-state index contributed by atoms with van der Waals surface area (Å²) in [6.45, 7) is 0. The van der Waals surface area contributed by atoms with Gasteiger partial charge in [0.1, 0.15) is 0 Å². The number of aryl methyl sites for hydroxylation is 1. The molecule has 5 nitrogen and oxygen atoms in total. The molecule has 90 valence electrons. The minimum Gasteiger partial charge on any atom is -0.478 e. The van der Waals surface area contributed by atoms with Crippen LogP contribution in [0.1, 0.15) is 10.4 Å². The molecular weight excluding hydrogens is 262 g/mol. The van der Waals surface area contributed by atoms with E-state index in [2.05, 4.69) is 4.98 Å². The van der Waals surface area contributed by atoms with Gasteiger partial charge >= 0.3 is 5.97 Å². The number of fused-ring (bicyclic) bond motifs is 1. The first kappa shape index (κ1) is 12.1. The van der Waals surface area contributed by atoms with E-state index < -0.39 is 5.97 Å². The van der Waals surface area contributed by atoms with Gasteiger partial charge in [-0.05, 0) is 12.3 Å². The van der Waals surface area contributed by atoms with Crippen molar-refractivity contribution in [1.29, 1.82) is 0 Å². The first-order valence-electron chi connectivity index (χ1n) is 4.69. The van der Waals surface area contributed by atoms with Crippen molar-refractivity contribution >= 4 is 46.1 Å². The van der Waals surface area contributed by atoms with Crippen LogP contribution >= 0.6 is 23.4 Å². The van der Waals surface area contributed by atoms with Gasteiger partial charge in [0.25, 0.3) is 0 Å². The van der Waals surface area contributed by atoms with Crippen molar-refractivity contribution < 1.29 is 9.90 Å². The van der Waals surface area contributed by atoms with Crippen molar-refractivity contribution in [3.05, 3.63) is 16.7 Å². The summed E-state index contributed by atoms with van der Waals surface area (Å²) < 4.78 is 1.80. The average molecular weight is 272 g/mol. The van der Waals surface area contributed by atoms with Crippen LogP contribution in [0.5, 0.6) is 0 Å². The largest absolute Gasteiger partial charge is 0.478 e. The van der Waals surface area contributed by atoms with E-state index in [0.717, 1.165) is 5.16 Å². The van der Waals surface area contributed by atoms with E-state index in [-0.39, 0.29) is 16.3 Å². The van der Waals surface area contributed by atoms with Gasteiger partial charge in [-0.15, -0.1) is 0 Å². The van der Waals surface area contributed by atoms with Crippen LogP contribution in [0.4, 0.5) is 5.69 Å². The number of carboxylic acid groups (broad SMARTS) is 1. The number of carboxylic acids is 1. The van der Waals surface area contributed by atoms with Gasteiger partial charge < -0.3 is 15.4 Å². The summed E-state index contributed by atoms with van der Waals surface area (Å²) in [7, 11) is 1.81. The molecule has 0 spiro atoms. The third kappa shape index (κ3) is 1.73. The van der Waals surface area contributed by atoms with Crippen molar-refractivity contribution in [2.24, 2.45) is 7.05 Å². The van der Waals surface area contributed by atoms with Crippen LogP contribution < -0.4 is 5.73 Å². The molecule has 0 atom stereocenters. The van der Waals surface area contributed by atoms with Crippen LogP contribution in [0.2, 0.25) is 5.02 Å². The Hall–Kier alpha value is -1.40. The molecular formula is C10H10ClN3O2S. The van der Waals surface area contributed by atoms with Crippen molar-refractivity contribution in [2.75, 3.05) is 12.0 Å². The second kappa shape index (κ2) is 4.12. The summed E-state index contributed by atoms with van der Waals surface area (Å²) in [6.07, 6.45) is 1.89. The number of halogens is 1. The predicted molar refractivity (Wildman–Crippen MR) is 68.9 cm³/mol. The summed E-state index contributed by atoms with van der Waals surface area (Å²) in [6, 6.07) is 1.44. The van der Waals surface area contributed by atoms with Crippen molar-refractivity contribution in [1.82, 2.24) is 9.55 Å². The second-order valence-corrected chi connectivity index (χ2v) is 4.63. The lowest BCUT2D eigenvalue weighted by molar-refractivity contribution is 0.0698. The zero-order chi connectivity index (χ0) is 12.7. The molecule has 17 heavy (non-hydrogen) atoms. The standard InChI is InChI=1S/C10H10ClN3O2S/c1-14-8-5(13-10(14)17-2)3-4(9(15)16)7(12)6(8)11/h3H,12H2,1-2H3,(H,15,16). The highest BCUT2D eigenvalue weighted by atomic mass is 35.5. The summed E-state index contributed by atoms with van der Waals surface area (Å²) >= 11 is 7.55. The summed E-state index contributed by atoms with van der Waals surface area (Å²) in [5, 5.41) is 9.99. The normalized spacial score (nSPS) is 11.0. The lowest BCUT2D eigenvalue weighted by atomic mass is 10.1. The SMILES string of the molecule is CSc1nc2cc(C(=O)O)c(N)c(Cl)c2n1C. The first-order chi connectivity index (χ1) is 7.97. The molecule has 3 N–H and O–H groups in total. The number of hydrogen-bond acceptors (Lipinski definition) is 4. The molecule has 0 fully saturated rings. The van der Waals surface area contributed by atoms with Crippen molar-refractivity contribution in [3.63, 3.8) is 0 Å². The van der Waals surface area contributed by atoms with Gasteiger partial charge in [-0.3, -0.25) is 0 Å². The highest BCUT2D eigenvalue weighted by Gasteiger charge is 2.19. The molecule has 0 saturated heterocycles. The van der Waals surface area contributed by atoms with E-state index in [0.29, 0.717) is 11.0 Å². The van der Waals surface area contributed by atoms with E-state index in [1.807, 2.05) is 13.3 Å². The molecule has 0 aliphatic rings. The summed E-state index contributed by atoms with van der Waals surface area (Å²) in [5.74, 6) is -1.11. The van der Waals surface area contributed by atoms with Gasteiger partial charge in [0.05, 0.1) is 27.3 Å². The summed E-state index contributed by atoms with van der Waals surface area (Å²) in [4.78, 5) is 15.3. The summed E-state index contributed by atoms with van der Waals surface area (Å²) in [5.41, 5.74) is 6.95. The molecule has 2 aromatic rings. The second-order valence-electron chi connectivity index (χ2n) is 3.48. The molecule has 0 aliphatic heterocycles. The smallest absolute Gasteiger partial charge is 0.337 e. The molecule has 1 aromatic heterocycles. The number of imidazole rings is 1. The molecule has 0 bridgehead atoms. The van der Waals surface area contributed by atoms with Gasteiger partial charge in [0, 0.05) is 7.05 Å². The number of nitrogens with two attached hydrogens (primary N) is 1. The monoisotopic (exact) mass is 271 g/mol. The maximum absolute atomic E-state index is 11.0. The Balaban J connectivity index is 2.88. The first-order valence-corrected chi connectivity index (χ1v) is 6.29. The van der Waals surface area contributed by atoms with Gasteiger partial charge in [-0.25, -0.2) is 9.78 Å².